The van der Waals surface area contributed by atoms with Crippen molar-refractivity contribution in [2.45, 2.75) is 112 Å². The minimum absolute atomic E-state index is 0.334. The summed E-state index contributed by atoms with van der Waals surface area (Å²) in [7, 11) is 0. The molecule has 0 aliphatic heterocycles. The minimum Gasteiger partial charge on any atom is -0.299 e. The van der Waals surface area contributed by atoms with Crippen LogP contribution < -0.4 is 0 Å². The number of rotatable bonds is 5. The van der Waals surface area contributed by atoms with E-state index in [4.69, 9.17) is 0 Å². The van der Waals surface area contributed by atoms with Crippen LogP contribution in [0.5, 0.6) is 0 Å². The SMILES string of the molecule is C=C(CC[C@@H](C)[C@H]1CC[C@@]2(C)[C@@H]3CC[C@H]4[C@H](C)C(=O)CC[C@@]45C[C@@]35CC[C@]12C)C(C)C. The number of Topliss-reactive ketones (excluding diaryl/α,β-unsaturated/α-hetero) is 1. The molecule has 9 atom stereocenters. The highest BCUT2D eigenvalue weighted by molar-refractivity contribution is 5.82. The fourth-order valence-electron chi connectivity index (χ4n) is 10.7. The summed E-state index contributed by atoms with van der Waals surface area (Å²) in [5, 5.41) is 0. The summed E-state index contributed by atoms with van der Waals surface area (Å²) in [6, 6.07) is 0. The molecule has 1 nitrogen and oxygen atoms in total. The smallest absolute Gasteiger partial charge is 0.136 e. The van der Waals surface area contributed by atoms with Crippen LogP contribution in [-0.2, 0) is 4.79 Å². The van der Waals surface area contributed by atoms with Crippen LogP contribution in [0.1, 0.15) is 112 Å². The Morgan fingerprint density at radius 1 is 1.00 bits per heavy atom. The highest BCUT2D eigenvalue weighted by Crippen LogP contribution is 2.88. The Kier molecular flexibility index (Phi) is 4.99. The van der Waals surface area contributed by atoms with Gasteiger partial charge in [0.2, 0.25) is 0 Å². The largest absolute Gasteiger partial charge is 0.299 e. The molecule has 0 amide bonds. The van der Waals surface area contributed by atoms with Gasteiger partial charge in [-0.3, -0.25) is 4.79 Å². The van der Waals surface area contributed by atoms with Crippen molar-refractivity contribution in [1.82, 2.24) is 0 Å². The van der Waals surface area contributed by atoms with Crippen molar-refractivity contribution in [3.63, 3.8) is 0 Å². The maximum Gasteiger partial charge on any atom is 0.136 e. The Hall–Kier alpha value is -0.590. The molecule has 5 aliphatic rings. The first-order valence-corrected chi connectivity index (χ1v) is 13.7. The summed E-state index contributed by atoms with van der Waals surface area (Å²) in [6.07, 6.45) is 14.6. The van der Waals surface area contributed by atoms with Crippen molar-refractivity contribution in [3.8, 4) is 0 Å². The van der Waals surface area contributed by atoms with Gasteiger partial charge in [-0.25, -0.2) is 0 Å². The van der Waals surface area contributed by atoms with Gasteiger partial charge in [0.15, 0.2) is 0 Å². The van der Waals surface area contributed by atoms with Gasteiger partial charge in [-0.2, -0.15) is 0 Å². The normalized spacial score (nSPS) is 51.5. The van der Waals surface area contributed by atoms with Crippen LogP contribution in [0.2, 0.25) is 0 Å². The van der Waals surface area contributed by atoms with Gasteiger partial charge < -0.3 is 0 Å². The number of carbonyl (C=O) groups is 1. The van der Waals surface area contributed by atoms with E-state index in [-0.39, 0.29) is 0 Å². The van der Waals surface area contributed by atoms with Gasteiger partial charge in [0.1, 0.15) is 5.78 Å². The first-order chi connectivity index (χ1) is 14.5. The molecule has 1 heteroatoms. The number of hydrogen-bond acceptors (Lipinski definition) is 1. The van der Waals surface area contributed by atoms with E-state index < -0.39 is 0 Å². The van der Waals surface area contributed by atoms with Crippen molar-refractivity contribution in [1.29, 1.82) is 0 Å². The van der Waals surface area contributed by atoms with Crippen LogP contribution in [0.4, 0.5) is 0 Å². The van der Waals surface area contributed by atoms with Gasteiger partial charge in [0.05, 0.1) is 0 Å². The second-order valence-corrected chi connectivity index (χ2v) is 13.8. The molecule has 0 heterocycles. The first-order valence-electron chi connectivity index (χ1n) is 13.7. The topological polar surface area (TPSA) is 17.1 Å². The quantitative estimate of drug-likeness (QED) is 0.406. The zero-order valence-electron chi connectivity index (χ0n) is 21.4. The lowest BCUT2D eigenvalue weighted by molar-refractivity contribution is -0.146. The van der Waals surface area contributed by atoms with E-state index >= 15 is 0 Å². The summed E-state index contributed by atoms with van der Waals surface area (Å²) < 4.78 is 0. The molecule has 174 valence electrons. The summed E-state index contributed by atoms with van der Waals surface area (Å²) in [5.41, 5.74) is 3.61. The van der Waals surface area contributed by atoms with Gasteiger partial charge in [-0.1, -0.05) is 53.7 Å². The lowest BCUT2D eigenvalue weighted by Gasteiger charge is -2.61. The summed E-state index contributed by atoms with van der Waals surface area (Å²) in [4.78, 5) is 12.5. The summed E-state index contributed by atoms with van der Waals surface area (Å²) in [5.74, 6) is 4.84. The van der Waals surface area contributed by atoms with Crippen molar-refractivity contribution < 1.29 is 4.79 Å². The lowest BCUT2D eigenvalue weighted by Crippen LogP contribution is -2.55. The Morgan fingerprint density at radius 3 is 2.45 bits per heavy atom. The van der Waals surface area contributed by atoms with E-state index in [1.54, 1.807) is 0 Å². The predicted octanol–water partition coefficient (Wildman–Crippen LogP) is 8.23. The summed E-state index contributed by atoms with van der Waals surface area (Å²) >= 11 is 0. The molecule has 0 radical (unpaired) electrons. The second-order valence-electron chi connectivity index (χ2n) is 13.8. The Labute approximate surface area is 192 Å². The fourth-order valence-corrected chi connectivity index (χ4v) is 10.7. The number of ketones is 1. The first kappa shape index (κ1) is 22.2. The van der Waals surface area contributed by atoms with E-state index in [9.17, 15) is 4.79 Å². The van der Waals surface area contributed by atoms with E-state index in [0.717, 1.165) is 24.2 Å². The Bertz CT molecular complexity index is 779. The molecule has 0 aromatic rings. The molecule has 31 heavy (non-hydrogen) atoms. The predicted molar refractivity (Wildman–Crippen MR) is 130 cm³/mol. The number of hydrogen-bond donors (Lipinski definition) is 0. The summed E-state index contributed by atoms with van der Waals surface area (Å²) in [6.45, 7) is 19.2. The molecular weight excluding hydrogens is 376 g/mol. The highest BCUT2D eigenvalue weighted by Gasteiger charge is 2.81. The van der Waals surface area contributed by atoms with Crippen molar-refractivity contribution in [3.05, 3.63) is 12.2 Å². The Balaban J connectivity index is 1.38. The van der Waals surface area contributed by atoms with Crippen molar-refractivity contribution in [2.75, 3.05) is 0 Å². The molecule has 0 saturated heterocycles. The lowest BCUT2D eigenvalue weighted by atomic mass is 9.43. The zero-order chi connectivity index (χ0) is 22.4. The third-order valence-electron chi connectivity index (χ3n) is 13.0. The third kappa shape index (κ3) is 2.70. The van der Waals surface area contributed by atoms with Crippen LogP contribution in [0.25, 0.3) is 0 Å². The minimum atomic E-state index is 0.334. The van der Waals surface area contributed by atoms with Gasteiger partial charge in [-0.15, -0.1) is 0 Å². The van der Waals surface area contributed by atoms with Gasteiger partial charge >= 0.3 is 0 Å². The fraction of sp³-hybridized carbons (Fsp3) is 0.900. The molecule has 5 aliphatic carbocycles. The van der Waals surface area contributed by atoms with E-state index in [1.807, 2.05) is 0 Å². The molecule has 0 unspecified atom stereocenters. The van der Waals surface area contributed by atoms with Crippen LogP contribution in [0.3, 0.4) is 0 Å². The van der Waals surface area contributed by atoms with Crippen LogP contribution in [0.15, 0.2) is 12.2 Å². The number of fused-ring (bicyclic) bond motifs is 2. The zero-order valence-corrected chi connectivity index (χ0v) is 21.4. The molecule has 5 saturated carbocycles. The van der Waals surface area contributed by atoms with Crippen LogP contribution in [-0.4, -0.2) is 5.78 Å². The van der Waals surface area contributed by atoms with Gasteiger partial charge in [0, 0.05) is 12.3 Å². The molecular formula is C30H48O. The maximum atomic E-state index is 12.5. The van der Waals surface area contributed by atoms with Crippen molar-refractivity contribution in [2.24, 2.45) is 57.2 Å². The molecule has 0 N–H and O–H groups in total. The van der Waals surface area contributed by atoms with Gasteiger partial charge in [0.25, 0.3) is 0 Å². The van der Waals surface area contributed by atoms with E-state index in [2.05, 4.69) is 48.1 Å². The molecule has 0 bridgehead atoms. The molecule has 2 spiro atoms. The van der Waals surface area contributed by atoms with Gasteiger partial charge in [-0.05, 0) is 115 Å². The molecule has 0 aromatic carbocycles. The number of carbonyl (C=O) groups excluding carboxylic acids is 1. The standard InChI is InChI=1S/C30H48O/c1-19(2)20(3)8-9-21(4)23-12-14-28(7)26-11-10-24-22(5)25(31)13-15-29(24)18-30(26,29)17-16-27(23,28)6/h19,21-24,26H,3,8-18H2,1-2,4-7H3/t21-,22+,23-,24+,26+,27-,28+,29-,30+/m1/s1. The second kappa shape index (κ2) is 6.96. The molecule has 0 aromatic heterocycles. The highest BCUT2D eigenvalue weighted by atomic mass is 16.1. The molecule has 5 fully saturated rings. The Morgan fingerprint density at radius 2 is 1.74 bits per heavy atom. The molecule has 5 rings (SSSR count). The maximum absolute atomic E-state index is 12.5. The monoisotopic (exact) mass is 424 g/mol. The third-order valence-corrected chi connectivity index (χ3v) is 13.0. The van der Waals surface area contributed by atoms with Crippen LogP contribution in [0, 0.1) is 57.2 Å². The van der Waals surface area contributed by atoms with Crippen molar-refractivity contribution >= 4 is 5.78 Å². The average Bonchev–Trinajstić information content (AvgIpc) is 3.31. The van der Waals surface area contributed by atoms with E-state index in [1.165, 1.54) is 69.8 Å². The van der Waals surface area contributed by atoms with Crippen LogP contribution >= 0.6 is 0 Å². The number of allylic oxidation sites excluding steroid dienone is 1. The average molecular weight is 425 g/mol. The van der Waals surface area contributed by atoms with E-state index in [0.29, 0.717) is 45.2 Å².